The summed E-state index contributed by atoms with van der Waals surface area (Å²) in [4.78, 5) is 9.68. The number of nitrogen functional groups attached to an aromatic ring is 1. The molecule has 2 N–H and O–H groups in total. The van der Waals surface area contributed by atoms with Gasteiger partial charge in [0.25, 0.3) is 5.69 Å². The van der Waals surface area contributed by atoms with Crippen molar-refractivity contribution in [1.82, 2.24) is 0 Å². The highest BCUT2D eigenvalue weighted by atomic mass is 79.9. The van der Waals surface area contributed by atoms with E-state index in [4.69, 9.17) is 9.92 Å². The van der Waals surface area contributed by atoms with Gasteiger partial charge < -0.3 is 9.92 Å². The second-order valence-electron chi connectivity index (χ2n) is 3.97. The van der Waals surface area contributed by atoms with Crippen molar-refractivity contribution in [2.45, 2.75) is 4.90 Å². The van der Waals surface area contributed by atoms with Crippen LogP contribution in [0.5, 0.6) is 5.75 Å². The average Bonchev–Trinajstić information content (AvgIpc) is 2.41. The molecule has 9 heteroatoms. The number of benzene rings is 2. The summed E-state index contributed by atoms with van der Waals surface area (Å²) in [6.07, 6.45) is 0. The molecule has 0 saturated heterocycles. The van der Waals surface area contributed by atoms with Crippen LogP contribution in [0, 0.1) is 10.1 Å². The van der Waals surface area contributed by atoms with Crippen LogP contribution in [0.2, 0.25) is 0 Å². The molecule has 0 aromatic heterocycles. The van der Waals surface area contributed by atoms with Gasteiger partial charge in [0.1, 0.15) is 16.3 Å². The van der Waals surface area contributed by atoms with Gasteiger partial charge in [-0.1, -0.05) is 15.9 Å². The van der Waals surface area contributed by atoms with E-state index >= 15 is 0 Å². The Bertz CT molecular complexity index is 790. The van der Waals surface area contributed by atoms with E-state index in [2.05, 4.69) is 15.9 Å². The van der Waals surface area contributed by atoms with Gasteiger partial charge in [0.2, 0.25) is 0 Å². The van der Waals surface area contributed by atoms with Crippen LogP contribution in [0.25, 0.3) is 0 Å². The molecule has 0 radical (unpaired) electrons. The minimum atomic E-state index is -4.17. The third kappa shape index (κ3) is 3.50. The van der Waals surface area contributed by atoms with Crippen LogP contribution < -0.4 is 9.92 Å². The predicted octanol–water partition coefficient (Wildman–Crippen LogP) is 2.71. The highest BCUT2D eigenvalue weighted by Gasteiger charge is 2.22. The van der Waals surface area contributed by atoms with Gasteiger partial charge in [0.15, 0.2) is 0 Å². The van der Waals surface area contributed by atoms with Gasteiger partial charge in [-0.05, 0) is 36.4 Å². The average molecular weight is 373 g/mol. The third-order valence-corrected chi connectivity index (χ3v) is 4.28. The molecule has 7 nitrogen and oxygen atoms in total. The van der Waals surface area contributed by atoms with Crippen LogP contribution in [0.4, 0.5) is 11.4 Å². The molecule has 2 aromatic rings. The summed E-state index contributed by atoms with van der Waals surface area (Å²) in [5.41, 5.74) is 4.81. The van der Waals surface area contributed by atoms with Crippen molar-refractivity contribution in [2.75, 3.05) is 5.73 Å². The number of halogens is 1. The summed E-state index contributed by atoms with van der Waals surface area (Å²) in [6.45, 7) is 0. The van der Waals surface area contributed by atoms with Crippen LogP contribution in [0.3, 0.4) is 0 Å². The van der Waals surface area contributed by atoms with Gasteiger partial charge in [0, 0.05) is 10.5 Å². The maximum Gasteiger partial charge on any atom is 0.339 e. The summed E-state index contributed by atoms with van der Waals surface area (Å²) < 4.78 is 29.8. The molecule has 0 heterocycles. The lowest BCUT2D eigenvalue weighted by molar-refractivity contribution is -0.384. The summed E-state index contributed by atoms with van der Waals surface area (Å²) in [5.74, 6) is 0.0951. The Morgan fingerprint density at radius 3 is 2.33 bits per heavy atom. The molecule has 110 valence electrons. The highest BCUT2D eigenvalue weighted by Crippen LogP contribution is 2.27. The first kappa shape index (κ1) is 15.3. The molecule has 0 saturated carbocycles. The van der Waals surface area contributed by atoms with Crippen LogP contribution in [-0.4, -0.2) is 13.3 Å². The number of hydrogen-bond donors (Lipinski definition) is 1. The largest absolute Gasteiger partial charge is 0.393 e. The number of rotatable bonds is 4. The Labute approximate surface area is 128 Å². The minimum Gasteiger partial charge on any atom is -0.393 e. The van der Waals surface area contributed by atoms with Gasteiger partial charge in [-0.2, -0.15) is 8.42 Å². The van der Waals surface area contributed by atoms with E-state index in [0.717, 1.165) is 22.7 Å². The molecule has 0 bridgehead atoms. The van der Waals surface area contributed by atoms with Gasteiger partial charge in [-0.25, -0.2) is 0 Å². The van der Waals surface area contributed by atoms with Crippen LogP contribution in [0.1, 0.15) is 0 Å². The SMILES string of the molecule is Nc1ccc(S(=O)(=O)Oc2ccc(Br)cc2)cc1[N+](=O)[O-]. The fraction of sp³-hybridized carbons (Fsp3) is 0. The van der Waals surface area contributed by atoms with Crippen LogP contribution in [-0.2, 0) is 10.1 Å². The summed E-state index contributed by atoms with van der Waals surface area (Å²) in [7, 11) is -4.17. The van der Waals surface area contributed by atoms with E-state index in [0.29, 0.717) is 0 Å². The molecule has 0 unspecified atom stereocenters. The molecular weight excluding hydrogens is 364 g/mol. The summed E-state index contributed by atoms with van der Waals surface area (Å²) in [5, 5.41) is 10.8. The maximum atomic E-state index is 12.1. The van der Waals surface area contributed by atoms with E-state index in [1.54, 1.807) is 12.1 Å². The van der Waals surface area contributed by atoms with E-state index in [9.17, 15) is 18.5 Å². The van der Waals surface area contributed by atoms with Crippen molar-refractivity contribution in [3.8, 4) is 5.75 Å². The first-order chi connectivity index (χ1) is 9.79. The highest BCUT2D eigenvalue weighted by molar-refractivity contribution is 9.10. The van der Waals surface area contributed by atoms with Crippen molar-refractivity contribution >= 4 is 37.4 Å². The molecule has 21 heavy (non-hydrogen) atoms. The van der Waals surface area contributed by atoms with Crippen molar-refractivity contribution < 1.29 is 17.5 Å². The van der Waals surface area contributed by atoms with Crippen molar-refractivity contribution in [1.29, 1.82) is 0 Å². The Hall–Kier alpha value is -2.13. The molecule has 0 aliphatic carbocycles. The van der Waals surface area contributed by atoms with Crippen LogP contribution in [0.15, 0.2) is 51.8 Å². The molecule has 2 aromatic carbocycles. The van der Waals surface area contributed by atoms with Gasteiger partial charge in [-0.3, -0.25) is 10.1 Å². The summed E-state index contributed by atoms with van der Waals surface area (Å²) in [6, 6.07) is 9.28. The van der Waals surface area contributed by atoms with Crippen molar-refractivity contribution in [3.05, 3.63) is 57.1 Å². The lowest BCUT2D eigenvalue weighted by Crippen LogP contribution is -2.10. The van der Waals surface area contributed by atoms with Gasteiger partial charge in [-0.15, -0.1) is 0 Å². The molecule has 2 rings (SSSR count). The second kappa shape index (κ2) is 5.70. The Kier molecular flexibility index (Phi) is 4.14. The number of anilines is 1. The van der Waals surface area contributed by atoms with Crippen molar-refractivity contribution in [2.24, 2.45) is 0 Å². The monoisotopic (exact) mass is 372 g/mol. The molecule has 0 aliphatic heterocycles. The zero-order valence-electron chi connectivity index (χ0n) is 10.4. The molecule has 0 amide bonds. The first-order valence-electron chi connectivity index (χ1n) is 5.53. The fourth-order valence-electron chi connectivity index (χ4n) is 1.50. The molecule has 0 aliphatic rings. The second-order valence-corrected chi connectivity index (χ2v) is 6.43. The van der Waals surface area contributed by atoms with E-state index in [1.807, 2.05) is 0 Å². The van der Waals surface area contributed by atoms with E-state index in [-0.39, 0.29) is 16.3 Å². The lowest BCUT2D eigenvalue weighted by atomic mass is 10.3. The Morgan fingerprint density at radius 2 is 1.76 bits per heavy atom. The minimum absolute atomic E-state index is 0.0951. The quantitative estimate of drug-likeness (QED) is 0.382. The van der Waals surface area contributed by atoms with Crippen LogP contribution >= 0.6 is 15.9 Å². The topological polar surface area (TPSA) is 113 Å². The zero-order valence-corrected chi connectivity index (χ0v) is 12.8. The first-order valence-corrected chi connectivity index (χ1v) is 7.74. The third-order valence-electron chi connectivity index (χ3n) is 2.51. The molecule has 0 spiro atoms. The Morgan fingerprint density at radius 1 is 1.14 bits per heavy atom. The van der Waals surface area contributed by atoms with Crippen molar-refractivity contribution in [3.63, 3.8) is 0 Å². The molecule has 0 atom stereocenters. The molecular formula is C12H9BrN2O5S. The normalized spacial score (nSPS) is 11.1. The van der Waals surface area contributed by atoms with E-state index in [1.165, 1.54) is 12.1 Å². The number of hydrogen-bond acceptors (Lipinski definition) is 6. The fourth-order valence-corrected chi connectivity index (χ4v) is 2.72. The van der Waals surface area contributed by atoms with Gasteiger partial charge in [0.05, 0.1) is 4.92 Å². The number of nitrogens with zero attached hydrogens (tertiary/aromatic N) is 1. The number of nitro groups is 1. The maximum absolute atomic E-state index is 12.1. The smallest absolute Gasteiger partial charge is 0.339 e. The Balaban J connectivity index is 2.38. The summed E-state index contributed by atoms with van der Waals surface area (Å²) >= 11 is 3.21. The number of nitrogens with two attached hydrogens (primary N) is 1. The van der Waals surface area contributed by atoms with E-state index < -0.39 is 20.7 Å². The number of nitro benzene ring substituents is 1. The zero-order chi connectivity index (χ0) is 15.6. The van der Waals surface area contributed by atoms with Gasteiger partial charge >= 0.3 is 10.1 Å². The molecule has 0 fully saturated rings. The lowest BCUT2D eigenvalue weighted by Gasteiger charge is -2.07. The predicted molar refractivity (Wildman–Crippen MR) is 79.5 cm³/mol. The standard InChI is InChI=1S/C12H9BrN2O5S/c13-8-1-3-9(4-2-8)20-21(18,19)10-5-6-11(14)12(7-10)15(16)17/h1-7H,14H2.